The zero-order valence-corrected chi connectivity index (χ0v) is 19.3. The van der Waals surface area contributed by atoms with Gasteiger partial charge in [0.2, 0.25) is 11.8 Å². The number of rotatable bonds is 8. The Morgan fingerprint density at radius 2 is 1.84 bits per heavy atom. The lowest BCUT2D eigenvalue weighted by Crippen LogP contribution is -2.51. The van der Waals surface area contributed by atoms with E-state index in [1.54, 1.807) is 4.90 Å². The van der Waals surface area contributed by atoms with E-state index in [1.165, 1.54) is 6.08 Å². The number of amides is 3. The van der Waals surface area contributed by atoms with Crippen LogP contribution in [0.4, 0.5) is 4.79 Å². The number of aliphatic hydroxyl groups is 1. The highest BCUT2D eigenvalue weighted by atomic mass is 16.6. The van der Waals surface area contributed by atoms with Gasteiger partial charge in [0.1, 0.15) is 5.60 Å². The van der Waals surface area contributed by atoms with Gasteiger partial charge in [-0.15, -0.1) is 0 Å². The molecule has 176 valence electrons. The zero-order chi connectivity index (χ0) is 23.7. The van der Waals surface area contributed by atoms with Crippen molar-refractivity contribution >= 4 is 17.9 Å². The second kappa shape index (κ2) is 11.7. The third-order valence-corrected chi connectivity index (χ3v) is 5.33. The van der Waals surface area contributed by atoms with Crippen molar-refractivity contribution in [2.75, 3.05) is 26.2 Å². The highest BCUT2D eigenvalue weighted by Crippen LogP contribution is 2.21. The lowest BCUT2D eigenvalue weighted by Gasteiger charge is -2.39. The molecule has 0 aliphatic carbocycles. The van der Waals surface area contributed by atoms with Gasteiger partial charge in [-0.1, -0.05) is 30.8 Å². The number of hydrogen-bond acceptors (Lipinski definition) is 5. The summed E-state index contributed by atoms with van der Waals surface area (Å²) in [5.74, 6) is -0.248. The predicted octanol–water partition coefficient (Wildman–Crippen LogP) is 2.25. The molecule has 0 unspecified atom stereocenters. The Labute approximate surface area is 190 Å². The third kappa shape index (κ3) is 7.67. The Bertz CT molecular complexity index is 810. The SMILES string of the molecule is C=CC(=O)NCc1ccccc1CC(=O)N1CCC(N(CCO)C(=O)OC(C)(C)C)CC1. The second-order valence-corrected chi connectivity index (χ2v) is 8.88. The van der Waals surface area contributed by atoms with Crippen LogP contribution in [0.1, 0.15) is 44.7 Å². The van der Waals surface area contributed by atoms with Gasteiger partial charge in [-0.05, 0) is 50.8 Å². The summed E-state index contributed by atoms with van der Waals surface area (Å²) in [4.78, 5) is 40.3. The highest BCUT2D eigenvalue weighted by molar-refractivity contribution is 5.86. The first-order valence-electron chi connectivity index (χ1n) is 11.0. The molecular weight excluding hydrogens is 410 g/mol. The van der Waals surface area contributed by atoms with Crippen LogP contribution in [0.15, 0.2) is 36.9 Å². The number of nitrogens with one attached hydrogen (secondary N) is 1. The van der Waals surface area contributed by atoms with Crippen molar-refractivity contribution in [3.8, 4) is 0 Å². The number of carbonyl (C=O) groups is 3. The van der Waals surface area contributed by atoms with Crippen LogP contribution in [-0.4, -0.2) is 70.7 Å². The lowest BCUT2D eigenvalue weighted by molar-refractivity contribution is -0.132. The number of nitrogens with zero attached hydrogens (tertiary/aromatic N) is 2. The molecule has 1 aliphatic rings. The summed E-state index contributed by atoms with van der Waals surface area (Å²) in [6, 6.07) is 7.46. The topological polar surface area (TPSA) is 99.2 Å². The van der Waals surface area contributed by atoms with E-state index in [-0.39, 0.29) is 37.4 Å². The molecule has 0 atom stereocenters. The summed E-state index contributed by atoms with van der Waals surface area (Å²) in [6.45, 7) is 10.3. The molecule has 32 heavy (non-hydrogen) atoms. The first kappa shape index (κ1) is 25.4. The predicted molar refractivity (Wildman–Crippen MR) is 122 cm³/mol. The first-order chi connectivity index (χ1) is 15.1. The van der Waals surface area contributed by atoms with Crippen molar-refractivity contribution in [3.63, 3.8) is 0 Å². The van der Waals surface area contributed by atoms with Crippen molar-refractivity contribution < 1.29 is 24.2 Å². The molecule has 0 bridgehead atoms. The number of carbonyl (C=O) groups excluding carboxylic acids is 3. The Hall–Kier alpha value is -2.87. The van der Waals surface area contributed by atoms with E-state index in [0.29, 0.717) is 32.5 Å². The fourth-order valence-corrected chi connectivity index (χ4v) is 3.71. The Morgan fingerprint density at radius 1 is 1.22 bits per heavy atom. The lowest BCUT2D eigenvalue weighted by atomic mass is 10.0. The maximum Gasteiger partial charge on any atom is 0.410 e. The summed E-state index contributed by atoms with van der Waals surface area (Å²) >= 11 is 0. The summed E-state index contributed by atoms with van der Waals surface area (Å²) in [7, 11) is 0. The van der Waals surface area contributed by atoms with Gasteiger partial charge in [-0.25, -0.2) is 4.79 Å². The molecule has 1 heterocycles. The Balaban J connectivity index is 1.95. The third-order valence-electron chi connectivity index (χ3n) is 5.33. The van der Waals surface area contributed by atoms with Crippen LogP contribution in [0.5, 0.6) is 0 Å². The maximum absolute atomic E-state index is 12.9. The second-order valence-electron chi connectivity index (χ2n) is 8.88. The Morgan fingerprint density at radius 3 is 2.41 bits per heavy atom. The molecule has 1 aliphatic heterocycles. The summed E-state index contributed by atoms with van der Waals surface area (Å²) in [5, 5.41) is 12.1. The van der Waals surface area contributed by atoms with Crippen molar-refractivity contribution in [2.24, 2.45) is 0 Å². The van der Waals surface area contributed by atoms with Gasteiger partial charge in [-0.2, -0.15) is 0 Å². The van der Waals surface area contributed by atoms with Crippen LogP contribution in [-0.2, 0) is 27.3 Å². The first-order valence-corrected chi connectivity index (χ1v) is 11.0. The molecule has 0 aromatic heterocycles. The average molecular weight is 446 g/mol. The average Bonchev–Trinajstić information content (AvgIpc) is 2.75. The molecule has 1 aromatic rings. The minimum atomic E-state index is -0.611. The van der Waals surface area contributed by atoms with E-state index < -0.39 is 11.7 Å². The Kier molecular flexibility index (Phi) is 9.26. The zero-order valence-electron chi connectivity index (χ0n) is 19.3. The van der Waals surface area contributed by atoms with E-state index in [0.717, 1.165) is 11.1 Å². The molecule has 1 aromatic carbocycles. The van der Waals surface area contributed by atoms with Gasteiger partial charge in [0.05, 0.1) is 13.0 Å². The molecule has 1 fully saturated rings. The van der Waals surface area contributed by atoms with Crippen LogP contribution < -0.4 is 5.32 Å². The number of benzene rings is 1. The minimum absolute atomic E-state index is 0.0110. The van der Waals surface area contributed by atoms with Crippen LogP contribution >= 0.6 is 0 Å². The summed E-state index contributed by atoms with van der Waals surface area (Å²) in [6.07, 6.45) is 2.28. The number of hydrogen-bond donors (Lipinski definition) is 2. The van der Waals surface area contributed by atoms with Crippen molar-refractivity contribution in [3.05, 3.63) is 48.0 Å². The van der Waals surface area contributed by atoms with Gasteiger partial charge in [0, 0.05) is 32.2 Å². The monoisotopic (exact) mass is 445 g/mol. The largest absolute Gasteiger partial charge is 0.444 e. The normalized spacial score (nSPS) is 14.6. The van der Waals surface area contributed by atoms with E-state index in [1.807, 2.05) is 49.9 Å². The van der Waals surface area contributed by atoms with E-state index in [2.05, 4.69) is 11.9 Å². The van der Waals surface area contributed by atoms with Gasteiger partial charge in [0.15, 0.2) is 0 Å². The minimum Gasteiger partial charge on any atom is -0.444 e. The van der Waals surface area contributed by atoms with Gasteiger partial charge < -0.3 is 25.0 Å². The number of piperidine rings is 1. The molecule has 1 saturated heterocycles. The molecule has 2 rings (SSSR count). The van der Waals surface area contributed by atoms with Crippen LogP contribution in [0, 0.1) is 0 Å². The van der Waals surface area contributed by atoms with E-state index in [9.17, 15) is 19.5 Å². The molecule has 2 N–H and O–H groups in total. The molecule has 8 heteroatoms. The van der Waals surface area contributed by atoms with Crippen LogP contribution in [0.25, 0.3) is 0 Å². The molecule has 8 nitrogen and oxygen atoms in total. The van der Waals surface area contributed by atoms with Crippen LogP contribution in [0.3, 0.4) is 0 Å². The maximum atomic E-state index is 12.9. The van der Waals surface area contributed by atoms with Gasteiger partial charge in [-0.3, -0.25) is 9.59 Å². The van der Waals surface area contributed by atoms with Crippen molar-refractivity contribution in [1.82, 2.24) is 15.1 Å². The van der Waals surface area contributed by atoms with E-state index in [4.69, 9.17) is 4.74 Å². The highest BCUT2D eigenvalue weighted by Gasteiger charge is 2.32. The molecule has 0 radical (unpaired) electrons. The number of likely N-dealkylation sites (tertiary alicyclic amines) is 1. The quantitative estimate of drug-likeness (QED) is 0.598. The number of aliphatic hydroxyl groups excluding tert-OH is 1. The molecule has 0 spiro atoms. The van der Waals surface area contributed by atoms with Crippen LogP contribution in [0.2, 0.25) is 0 Å². The smallest absolute Gasteiger partial charge is 0.410 e. The summed E-state index contributed by atoms with van der Waals surface area (Å²) in [5.41, 5.74) is 1.16. The summed E-state index contributed by atoms with van der Waals surface area (Å²) < 4.78 is 5.48. The van der Waals surface area contributed by atoms with E-state index >= 15 is 0 Å². The molecular formula is C24H35N3O5. The molecule has 3 amide bonds. The fourth-order valence-electron chi connectivity index (χ4n) is 3.71. The molecule has 0 saturated carbocycles. The fraction of sp³-hybridized carbons (Fsp3) is 0.542. The van der Waals surface area contributed by atoms with Crippen molar-refractivity contribution in [1.29, 1.82) is 0 Å². The van der Waals surface area contributed by atoms with Crippen molar-refractivity contribution in [2.45, 2.75) is 58.2 Å². The standard InChI is InChI=1S/C24H35N3O5/c1-5-21(29)25-17-19-9-7-6-8-18(19)16-22(30)26-12-10-20(11-13-26)27(14-15-28)23(31)32-24(2,3)4/h5-9,20,28H,1,10-17H2,2-4H3,(H,25,29). The van der Waals surface area contributed by atoms with Gasteiger partial charge >= 0.3 is 6.09 Å². The van der Waals surface area contributed by atoms with Gasteiger partial charge in [0.25, 0.3) is 0 Å². The number of ether oxygens (including phenoxy) is 1.